The van der Waals surface area contributed by atoms with E-state index in [0.29, 0.717) is 23.1 Å². The largest absolute Gasteiger partial charge is 0.494 e. The number of hydrazone groups is 1. The molecule has 25 heavy (non-hydrogen) atoms. The van der Waals surface area contributed by atoms with E-state index < -0.39 is 11.8 Å². The first-order valence-electron chi connectivity index (χ1n) is 7.71. The zero-order valence-electron chi connectivity index (χ0n) is 13.7. The summed E-state index contributed by atoms with van der Waals surface area (Å²) < 4.78 is 5.45. The molecule has 2 aromatic rings. The first-order chi connectivity index (χ1) is 12.1. The van der Waals surface area contributed by atoms with E-state index in [1.54, 1.807) is 48.5 Å². The second-order valence-electron chi connectivity index (χ2n) is 5.08. The Balaban J connectivity index is 1.83. The van der Waals surface area contributed by atoms with Crippen LogP contribution in [-0.4, -0.2) is 24.6 Å². The molecular weight excluding hydrogens is 342 g/mol. The van der Waals surface area contributed by atoms with Crippen LogP contribution in [0.4, 0.5) is 5.69 Å². The van der Waals surface area contributed by atoms with Crippen molar-refractivity contribution >= 4 is 35.3 Å². The molecule has 0 radical (unpaired) electrons. The van der Waals surface area contributed by atoms with Crippen molar-refractivity contribution in [2.24, 2.45) is 5.10 Å². The minimum absolute atomic E-state index is 0.491. The molecule has 0 aliphatic heterocycles. The van der Waals surface area contributed by atoms with E-state index in [1.807, 2.05) is 6.92 Å². The second-order valence-corrected chi connectivity index (χ2v) is 5.51. The molecule has 6 nitrogen and oxygen atoms in total. The van der Waals surface area contributed by atoms with Crippen LogP contribution >= 0.6 is 11.6 Å². The second kappa shape index (κ2) is 9.44. The quantitative estimate of drug-likeness (QED) is 0.472. The fourth-order valence-corrected chi connectivity index (χ4v) is 1.93. The molecule has 2 aromatic carbocycles. The molecule has 0 atom stereocenters. The van der Waals surface area contributed by atoms with Crippen molar-refractivity contribution in [2.45, 2.75) is 13.3 Å². The molecule has 2 N–H and O–H groups in total. The van der Waals surface area contributed by atoms with Gasteiger partial charge in [-0.1, -0.05) is 30.7 Å². The number of halogens is 1. The number of carbonyl (C=O) groups excluding carboxylic acids is 2. The van der Waals surface area contributed by atoms with E-state index in [-0.39, 0.29) is 0 Å². The third kappa shape index (κ3) is 6.27. The van der Waals surface area contributed by atoms with Gasteiger partial charge >= 0.3 is 11.8 Å². The van der Waals surface area contributed by atoms with Crippen LogP contribution in [0.1, 0.15) is 18.9 Å². The maximum Gasteiger partial charge on any atom is 0.329 e. The number of benzene rings is 2. The van der Waals surface area contributed by atoms with Crippen molar-refractivity contribution in [2.75, 3.05) is 11.9 Å². The average Bonchev–Trinajstić information content (AvgIpc) is 2.62. The SMILES string of the molecule is CCCOc1ccc(NC(=O)C(=O)N/N=C\c2ccc(Cl)cc2)cc1. The summed E-state index contributed by atoms with van der Waals surface area (Å²) in [6, 6.07) is 13.6. The molecule has 0 saturated heterocycles. The maximum absolute atomic E-state index is 11.8. The minimum atomic E-state index is -0.864. The van der Waals surface area contributed by atoms with E-state index in [2.05, 4.69) is 15.8 Å². The number of ether oxygens (including phenoxy) is 1. The smallest absolute Gasteiger partial charge is 0.329 e. The van der Waals surface area contributed by atoms with Gasteiger partial charge in [0.25, 0.3) is 0 Å². The summed E-state index contributed by atoms with van der Waals surface area (Å²) in [6.45, 7) is 2.64. The number of carbonyl (C=O) groups is 2. The molecule has 0 fully saturated rings. The van der Waals surface area contributed by atoms with Crippen molar-refractivity contribution < 1.29 is 14.3 Å². The van der Waals surface area contributed by atoms with E-state index in [0.717, 1.165) is 12.0 Å². The highest BCUT2D eigenvalue weighted by molar-refractivity contribution is 6.39. The third-order valence-electron chi connectivity index (χ3n) is 3.04. The molecule has 2 amide bonds. The summed E-state index contributed by atoms with van der Waals surface area (Å²) >= 11 is 5.77. The lowest BCUT2D eigenvalue weighted by Crippen LogP contribution is -2.32. The highest BCUT2D eigenvalue weighted by Crippen LogP contribution is 2.15. The van der Waals surface area contributed by atoms with Crippen LogP contribution in [-0.2, 0) is 9.59 Å². The first kappa shape index (κ1) is 18.5. The van der Waals surface area contributed by atoms with Crippen LogP contribution in [0.2, 0.25) is 5.02 Å². The topological polar surface area (TPSA) is 79.8 Å². The molecule has 0 bridgehead atoms. The van der Waals surface area contributed by atoms with Gasteiger partial charge in [-0.2, -0.15) is 5.10 Å². The van der Waals surface area contributed by atoms with E-state index in [9.17, 15) is 9.59 Å². The summed E-state index contributed by atoms with van der Waals surface area (Å²) in [5, 5.41) is 6.82. The fourth-order valence-electron chi connectivity index (χ4n) is 1.81. The molecule has 0 aliphatic carbocycles. The van der Waals surface area contributed by atoms with Crippen molar-refractivity contribution in [3.8, 4) is 5.75 Å². The molecule has 0 aromatic heterocycles. The van der Waals surface area contributed by atoms with E-state index >= 15 is 0 Å². The van der Waals surface area contributed by atoms with E-state index in [4.69, 9.17) is 16.3 Å². The number of anilines is 1. The van der Waals surface area contributed by atoms with Gasteiger partial charge in [0.1, 0.15) is 5.75 Å². The number of hydrogen-bond donors (Lipinski definition) is 2. The third-order valence-corrected chi connectivity index (χ3v) is 3.29. The maximum atomic E-state index is 11.8. The molecule has 0 spiro atoms. The highest BCUT2D eigenvalue weighted by Gasteiger charge is 2.12. The number of rotatable bonds is 6. The lowest BCUT2D eigenvalue weighted by molar-refractivity contribution is -0.136. The molecule has 130 valence electrons. The van der Waals surface area contributed by atoms with E-state index in [1.165, 1.54) is 6.21 Å². The zero-order valence-corrected chi connectivity index (χ0v) is 14.4. The Bertz CT molecular complexity index is 743. The Labute approximate surface area is 150 Å². The van der Waals surface area contributed by atoms with Gasteiger partial charge in [0.05, 0.1) is 12.8 Å². The Hall–Kier alpha value is -2.86. The number of nitrogens with zero attached hydrogens (tertiary/aromatic N) is 1. The minimum Gasteiger partial charge on any atom is -0.494 e. The summed E-state index contributed by atoms with van der Waals surface area (Å²) in [5.74, 6) is -0.969. The first-order valence-corrected chi connectivity index (χ1v) is 8.09. The van der Waals surface area contributed by atoms with Gasteiger partial charge in [-0.15, -0.1) is 0 Å². The average molecular weight is 360 g/mol. The number of hydrogen-bond acceptors (Lipinski definition) is 4. The van der Waals surface area contributed by atoms with Crippen LogP contribution in [0.15, 0.2) is 53.6 Å². The van der Waals surface area contributed by atoms with Crippen molar-refractivity contribution in [1.29, 1.82) is 0 Å². The fraction of sp³-hybridized carbons (Fsp3) is 0.167. The van der Waals surface area contributed by atoms with Crippen molar-refractivity contribution in [1.82, 2.24) is 5.43 Å². The molecule has 0 saturated carbocycles. The summed E-state index contributed by atoms with van der Waals surface area (Å²) in [7, 11) is 0. The van der Waals surface area contributed by atoms with Gasteiger partial charge in [0.15, 0.2) is 0 Å². The van der Waals surface area contributed by atoms with Crippen LogP contribution in [0.3, 0.4) is 0 Å². The molecule has 7 heteroatoms. The Kier molecular flexibility index (Phi) is 6.98. The van der Waals surface area contributed by atoms with Crippen LogP contribution in [0.25, 0.3) is 0 Å². The monoisotopic (exact) mass is 359 g/mol. The van der Waals surface area contributed by atoms with Gasteiger partial charge in [-0.05, 0) is 48.4 Å². The van der Waals surface area contributed by atoms with Gasteiger partial charge in [0, 0.05) is 10.7 Å². The van der Waals surface area contributed by atoms with Crippen LogP contribution < -0.4 is 15.5 Å². The molecular formula is C18H18ClN3O3. The summed E-state index contributed by atoms with van der Waals surface area (Å²) in [6.07, 6.45) is 2.33. The number of amides is 2. The molecule has 0 unspecified atom stereocenters. The van der Waals surface area contributed by atoms with Gasteiger partial charge in [0.2, 0.25) is 0 Å². The van der Waals surface area contributed by atoms with Crippen LogP contribution in [0.5, 0.6) is 5.75 Å². The molecule has 0 heterocycles. The Morgan fingerprint density at radius 1 is 1.08 bits per heavy atom. The lowest BCUT2D eigenvalue weighted by Gasteiger charge is -2.07. The Morgan fingerprint density at radius 3 is 2.40 bits per heavy atom. The van der Waals surface area contributed by atoms with Crippen molar-refractivity contribution in [3.63, 3.8) is 0 Å². The zero-order chi connectivity index (χ0) is 18.1. The Morgan fingerprint density at radius 2 is 1.76 bits per heavy atom. The highest BCUT2D eigenvalue weighted by atomic mass is 35.5. The molecule has 0 aliphatic rings. The van der Waals surface area contributed by atoms with Gasteiger partial charge < -0.3 is 10.1 Å². The molecule has 2 rings (SSSR count). The predicted molar refractivity (Wildman–Crippen MR) is 98.0 cm³/mol. The lowest BCUT2D eigenvalue weighted by atomic mass is 10.2. The standard InChI is InChI=1S/C18H18ClN3O3/c1-2-11-25-16-9-7-15(8-10-16)21-17(23)18(24)22-20-12-13-3-5-14(19)6-4-13/h3-10,12H,2,11H2,1H3,(H,21,23)(H,22,24)/b20-12-. The van der Waals surface area contributed by atoms with Crippen LogP contribution in [0, 0.1) is 0 Å². The predicted octanol–water partition coefficient (Wildman–Crippen LogP) is 3.22. The van der Waals surface area contributed by atoms with Gasteiger partial charge in [-0.3, -0.25) is 9.59 Å². The summed E-state index contributed by atoms with van der Waals surface area (Å²) in [4.78, 5) is 23.5. The van der Waals surface area contributed by atoms with Crippen molar-refractivity contribution in [3.05, 3.63) is 59.1 Å². The normalized spacial score (nSPS) is 10.5. The summed E-state index contributed by atoms with van der Waals surface area (Å²) in [5.41, 5.74) is 3.40. The van der Waals surface area contributed by atoms with Gasteiger partial charge in [-0.25, -0.2) is 5.43 Å². The number of nitrogens with one attached hydrogen (secondary N) is 2.